The Balaban J connectivity index is 2.05. The third-order valence-corrected chi connectivity index (χ3v) is 3.69. The van der Waals surface area contributed by atoms with E-state index in [0.717, 1.165) is 0 Å². The fourth-order valence-electron chi connectivity index (χ4n) is 2.72. The molecule has 0 radical (unpaired) electrons. The van der Waals surface area contributed by atoms with Crippen LogP contribution in [0.4, 0.5) is 0 Å². The second-order valence-electron chi connectivity index (χ2n) is 5.17. The number of nitrogens with zero attached hydrogens (tertiary/aromatic N) is 1. The average Bonchev–Trinajstić information content (AvgIpc) is 2.73. The van der Waals surface area contributed by atoms with E-state index in [1.807, 2.05) is 23.0 Å². The first-order valence-corrected chi connectivity index (χ1v) is 7.17. The first kappa shape index (κ1) is 15.8. The van der Waals surface area contributed by atoms with Crippen LogP contribution in [0.2, 0.25) is 6.82 Å². The Morgan fingerprint density at radius 1 is 1.52 bits per heavy atom. The van der Waals surface area contributed by atoms with Gasteiger partial charge in [0.25, 0.3) is 0 Å². The van der Waals surface area contributed by atoms with Crippen molar-refractivity contribution in [2.75, 3.05) is 6.61 Å². The van der Waals surface area contributed by atoms with E-state index in [0.29, 0.717) is 12.0 Å². The molecular formula is C14H20BNO5. The summed E-state index contributed by atoms with van der Waals surface area (Å²) in [5.74, 6) is -1.11. The molecule has 0 spiro atoms. The molecule has 3 atom stereocenters. The lowest BCUT2D eigenvalue weighted by Crippen LogP contribution is -2.50. The average molecular weight is 293 g/mol. The Morgan fingerprint density at radius 2 is 2.24 bits per heavy atom. The molecule has 114 valence electrons. The highest BCUT2D eigenvalue weighted by molar-refractivity contribution is 6.46. The highest BCUT2D eigenvalue weighted by Gasteiger charge is 2.41. The molecule has 21 heavy (non-hydrogen) atoms. The number of carbonyl (C=O) groups is 2. The largest absolute Gasteiger partial charge is 0.463 e. The van der Waals surface area contributed by atoms with Gasteiger partial charge in [-0.25, -0.2) is 9.59 Å². The molecule has 2 heterocycles. The van der Waals surface area contributed by atoms with E-state index in [1.165, 1.54) is 6.92 Å². The van der Waals surface area contributed by atoms with Gasteiger partial charge in [-0.1, -0.05) is 18.2 Å². The standard InChI is InChI=1S/C14H20BNO5/c1-4-20-13(17)9(2)21-14(18)11-7-5-10-6-8-12(11)16(10)15(3)19/h6-10,12,19H,4-5H2,1-3H3/t9-,10?,12?/m0/s1. The van der Waals surface area contributed by atoms with Gasteiger partial charge in [-0.15, -0.1) is 0 Å². The van der Waals surface area contributed by atoms with Crippen LogP contribution in [0.1, 0.15) is 20.3 Å². The van der Waals surface area contributed by atoms with Gasteiger partial charge in [0, 0.05) is 6.04 Å². The normalized spacial score (nSPS) is 25.2. The smallest absolute Gasteiger partial charge is 0.377 e. The molecule has 0 aromatic carbocycles. The van der Waals surface area contributed by atoms with E-state index in [2.05, 4.69) is 0 Å². The minimum atomic E-state index is -0.943. The summed E-state index contributed by atoms with van der Waals surface area (Å²) in [7, 11) is -0.658. The molecule has 0 aliphatic carbocycles. The van der Waals surface area contributed by atoms with Crippen LogP contribution in [0.3, 0.4) is 0 Å². The van der Waals surface area contributed by atoms with Crippen LogP contribution in [0.25, 0.3) is 0 Å². The fraction of sp³-hybridized carbons (Fsp3) is 0.571. The van der Waals surface area contributed by atoms with Crippen molar-refractivity contribution in [1.29, 1.82) is 0 Å². The monoisotopic (exact) mass is 293 g/mol. The summed E-state index contributed by atoms with van der Waals surface area (Å²) in [6.45, 7) is 5.09. The van der Waals surface area contributed by atoms with Crippen LogP contribution in [-0.4, -0.2) is 53.6 Å². The van der Waals surface area contributed by atoms with Crippen molar-refractivity contribution in [3.8, 4) is 0 Å². The first-order chi connectivity index (χ1) is 9.95. The molecule has 2 rings (SSSR count). The molecule has 0 saturated carbocycles. The van der Waals surface area contributed by atoms with Gasteiger partial charge in [-0.05, 0) is 27.1 Å². The Kier molecular flexibility index (Phi) is 4.85. The lowest BCUT2D eigenvalue weighted by Gasteiger charge is -2.35. The van der Waals surface area contributed by atoms with Crippen molar-refractivity contribution in [2.24, 2.45) is 0 Å². The van der Waals surface area contributed by atoms with Crippen molar-refractivity contribution in [3.05, 3.63) is 23.8 Å². The lowest BCUT2D eigenvalue weighted by molar-refractivity contribution is -0.164. The van der Waals surface area contributed by atoms with E-state index in [-0.39, 0.29) is 18.7 Å². The van der Waals surface area contributed by atoms with Crippen LogP contribution in [-0.2, 0) is 19.1 Å². The van der Waals surface area contributed by atoms with E-state index in [9.17, 15) is 14.6 Å². The Labute approximate surface area is 124 Å². The maximum atomic E-state index is 12.2. The topological polar surface area (TPSA) is 76.1 Å². The second kappa shape index (κ2) is 6.45. The van der Waals surface area contributed by atoms with E-state index < -0.39 is 25.1 Å². The molecule has 1 N–H and O–H groups in total. The maximum Gasteiger partial charge on any atom is 0.377 e. The van der Waals surface area contributed by atoms with Gasteiger partial charge >= 0.3 is 19.0 Å². The molecule has 0 saturated heterocycles. The number of hydrogen-bond acceptors (Lipinski definition) is 6. The van der Waals surface area contributed by atoms with Gasteiger partial charge in [0.2, 0.25) is 0 Å². The summed E-state index contributed by atoms with van der Waals surface area (Å²) in [6, 6.07) is -0.195. The molecule has 7 heteroatoms. The quantitative estimate of drug-likeness (QED) is 0.453. The van der Waals surface area contributed by atoms with Gasteiger partial charge < -0.3 is 19.3 Å². The van der Waals surface area contributed by atoms with Crippen molar-refractivity contribution in [1.82, 2.24) is 4.81 Å². The van der Waals surface area contributed by atoms with Gasteiger partial charge in [0.15, 0.2) is 6.10 Å². The highest BCUT2D eigenvalue weighted by Crippen LogP contribution is 2.31. The van der Waals surface area contributed by atoms with E-state index in [4.69, 9.17) is 9.47 Å². The number of hydrogen-bond donors (Lipinski definition) is 1. The summed E-state index contributed by atoms with van der Waals surface area (Å²) in [5.41, 5.74) is 0.456. The fourth-order valence-corrected chi connectivity index (χ4v) is 2.72. The van der Waals surface area contributed by atoms with Gasteiger partial charge in [-0.3, -0.25) is 0 Å². The summed E-state index contributed by atoms with van der Waals surface area (Å²) >= 11 is 0. The maximum absolute atomic E-state index is 12.2. The lowest BCUT2D eigenvalue weighted by atomic mass is 9.79. The summed E-state index contributed by atoms with van der Waals surface area (Å²) in [5, 5.41) is 9.83. The minimum Gasteiger partial charge on any atom is -0.463 e. The third kappa shape index (κ3) is 3.19. The molecule has 2 aliphatic rings. The zero-order chi connectivity index (χ0) is 15.6. The summed E-state index contributed by atoms with van der Waals surface area (Å²) in [4.78, 5) is 25.6. The van der Waals surface area contributed by atoms with Gasteiger partial charge in [-0.2, -0.15) is 0 Å². The summed E-state index contributed by atoms with van der Waals surface area (Å²) in [6.07, 6.45) is 5.36. The SMILES string of the molecule is CCOC(=O)[C@H](C)OC(=O)C1=CCC2C=CC1N2B(C)O. The van der Waals surface area contributed by atoms with E-state index >= 15 is 0 Å². The molecule has 2 aliphatic heterocycles. The van der Waals surface area contributed by atoms with E-state index in [1.54, 1.807) is 13.7 Å². The molecule has 2 unspecified atom stereocenters. The molecule has 0 aromatic rings. The van der Waals surface area contributed by atoms with Crippen LogP contribution in [0, 0.1) is 0 Å². The highest BCUT2D eigenvalue weighted by atomic mass is 16.6. The molecule has 2 bridgehead atoms. The molecular weight excluding hydrogens is 273 g/mol. The minimum absolute atomic E-state index is 0.106. The number of ether oxygens (including phenoxy) is 2. The molecule has 0 fully saturated rings. The Morgan fingerprint density at radius 3 is 2.86 bits per heavy atom. The third-order valence-electron chi connectivity index (χ3n) is 3.69. The van der Waals surface area contributed by atoms with Crippen LogP contribution in [0.5, 0.6) is 0 Å². The van der Waals surface area contributed by atoms with Crippen molar-refractivity contribution >= 4 is 19.0 Å². The first-order valence-electron chi connectivity index (χ1n) is 7.17. The second-order valence-corrected chi connectivity index (χ2v) is 5.17. The van der Waals surface area contributed by atoms with Gasteiger partial charge in [0.1, 0.15) is 0 Å². The zero-order valence-corrected chi connectivity index (χ0v) is 12.5. The number of fused-ring (bicyclic) bond motifs is 2. The predicted molar refractivity (Wildman–Crippen MR) is 77.3 cm³/mol. The number of esters is 2. The van der Waals surface area contributed by atoms with Crippen molar-refractivity contribution in [3.63, 3.8) is 0 Å². The molecule has 6 nitrogen and oxygen atoms in total. The molecule has 0 amide bonds. The summed E-state index contributed by atoms with van der Waals surface area (Å²) < 4.78 is 9.97. The zero-order valence-electron chi connectivity index (χ0n) is 12.5. The van der Waals surface area contributed by atoms with Crippen LogP contribution >= 0.6 is 0 Å². The molecule has 0 aromatic heterocycles. The number of carbonyl (C=O) groups excluding carboxylic acids is 2. The van der Waals surface area contributed by atoms with Crippen LogP contribution in [0.15, 0.2) is 23.8 Å². The Bertz CT molecular complexity index is 488. The van der Waals surface area contributed by atoms with Crippen LogP contribution < -0.4 is 0 Å². The Hall–Kier alpha value is -1.60. The van der Waals surface area contributed by atoms with Crippen molar-refractivity contribution < 1.29 is 24.1 Å². The van der Waals surface area contributed by atoms with Gasteiger partial charge in [0.05, 0.1) is 18.2 Å². The predicted octanol–water partition coefficient (Wildman–Crippen LogP) is 0.531. The van der Waals surface area contributed by atoms with Crippen molar-refractivity contribution in [2.45, 2.75) is 45.3 Å². The number of rotatable bonds is 5.